The Morgan fingerprint density at radius 3 is 2.46 bits per heavy atom. The highest BCUT2D eigenvalue weighted by Gasteiger charge is 2.41. The molecule has 0 bridgehead atoms. The number of carbonyl (C=O) groups excluding carboxylic acids is 1. The molecule has 1 fully saturated rings. The number of rotatable bonds is 1. The third kappa shape index (κ3) is 2.53. The number of piperidine rings is 1. The molecule has 2 N–H and O–H groups in total. The van der Waals surface area contributed by atoms with E-state index in [9.17, 15) is 4.79 Å². The maximum absolute atomic E-state index is 12.9. The maximum Gasteiger partial charge on any atom is 0.252 e. The highest BCUT2D eigenvalue weighted by molar-refractivity contribution is 6.20. The molecule has 4 rings (SSSR count). The summed E-state index contributed by atoms with van der Waals surface area (Å²) in [6.07, 6.45) is 1.45. The topological polar surface area (TPSA) is 53.5 Å². The van der Waals surface area contributed by atoms with Gasteiger partial charge in [-0.3, -0.25) is 9.79 Å². The van der Waals surface area contributed by atoms with Crippen LogP contribution in [0.2, 0.25) is 0 Å². The van der Waals surface area contributed by atoms with E-state index in [4.69, 9.17) is 4.99 Å². The number of nitrogens with one attached hydrogen (secondary N) is 2. The number of fused-ring (bicyclic) bond motifs is 1. The van der Waals surface area contributed by atoms with Gasteiger partial charge in [-0.1, -0.05) is 48.0 Å². The number of anilines is 1. The normalized spacial score (nSPS) is 19.2. The molecular weight excluding hydrogens is 298 g/mol. The van der Waals surface area contributed by atoms with Gasteiger partial charge >= 0.3 is 0 Å². The molecule has 122 valence electrons. The molecule has 1 spiro atoms. The number of hydrogen-bond donors (Lipinski definition) is 2. The van der Waals surface area contributed by atoms with Crippen LogP contribution in [0.5, 0.6) is 0 Å². The summed E-state index contributed by atoms with van der Waals surface area (Å²) < 4.78 is 0. The zero-order valence-electron chi connectivity index (χ0n) is 13.8. The Morgan fingerprint density at radius 1 is 1.00 bits per heavy atom. The van der Waals surface area contributed by atoms with Gasteiger partial charge < -0.3 is 10.6 Å². The van der Waals surface area contributed by atoms with Gasteiger partial charge in [0.15, 0.2) is 0 Å². The summed E-state index contributed by atoms with van der Waals surface area (Å²) in [5.41, 5.74) is 4.34. The van der Waals surface area contributed by atoms with Crippen molar-refractivity contribution in [2.75, 3.05) is 18.4 Å². The number of aryl methyl sites for hydroxylation is 1. The second-order valence-corrected chi connectivity index (χ2v) is 6.61. The van der Waals surface area contributed by atoms with Crippen LogP contribution in [0.1, 0.15) is 29.5 Å². The molecule has 2 aromatic rings. The van der Waals surface area contributed by atoms with Gasteiger partial charge in [0, 0.05) is 11.1 Å². The zero-order valence-corrected chi connectivity index (χ0v) is 13.8. The van der Waals surface area contributed by atoms with Crippen molar-refractivity contribution in [2.24, 2.45) is 4.99 Å². The van der Waals surface area contributed by atoms with E-state index in [0.29, 0.717) is 0 Å². The fraction of sp³-hybridized carbons (Fsp3) is 0.300. The van der Waals surface area contributed by atoms with Crippen LogP contribution in [0.15, 0.2) is 53.5 Å². The van der Waals surface area contributed by atoms with Crippen molar-refractivity contribution in [2.45, 2.75) is 25.3 Å². The van der Waals surface area contributed by atoms with Crippen molar-refractivity contribution < 1.29 is 4.79 Å². The molecule has 4 heteroatoms. The Kier molecular flexibility index (Phi) is 3.69. The van der Waals surface area contributed by atoms with Crippen LogP contribution in [-0.4, -0.2) is 30.2 Å². The number of nitrogens with zero attached hydrogens (tertiary/aromatic N) is 1. The molecule has 2 heterocycles. The predicted octanol–water partition coefficient (Wildman–Crippen LogP) is 2.91. The minimum atomic E-state index is -0.676. The van der Waals surface area contributed by atoms with Crippen molar-refractivity contribution in [3.8, 4) is 0 Å². The molecule has 2 aliphatic rings. The minimum Gasteiger partial charge on any atom is -0.323 e. The zero-order chi connectivity index (χ0) is 16.6. The van der Waals surface area contributed by atoms with Crippen LogP contribution in [-0.2, 0) is 4.79 Å². The van der Waals surface area contributed by atoms with Gasteiger partial charge in [0.05, 0.1) is 11.4 Å². The lowest BCUT2D eigenvalue weighted by Gasteiger charge is -2.32. The fourth-order valence-corrected chi connectivity index (χ4v) is 3.47. The SMILES string of the molecule is Cc1ccc(C2=NC3(CCNCC3)C(=O)Nc3ccccc32)cc1. The average Bonchev–Trinajstić information content (AvgIpc) is 2.72. The Balaban J connectivity index is 1.91. The van der Waals surface area contributed by atoms with E-state index < -0.39 is 5.54 Å². The van der Waals surface area contributed by atoms with Crippen molar-refractivity contribution >= 4 is 17.3 Å². The van der Waals surface area contributed by atoms with E-state index in [-0.39, 0.29) is 5.91 Å². The third-order valence-corrected chi connectivity index (χ3v) is 4.93. The summed E-state index contributed by atoms with van der Waals surface area (Å²) in [4.78, 5) is 18.0. The Hall–Kier alpha value is -2.46. The first-order chi connectivity index (χ1) is 11.7. The lowest BCUT2D eigenvalue weighted by Crippen LogP contribution is -2.49. The largest absolute Gasteiger partial charge is 0.323 e. The lowest BCUT2D eigenvalue weighted by atomic mass is 9.87. The molecule has 0 radical (unpaired) electrons. The van der Waals surface area contributed by atoms with Gasteiger partial charge in [-0.2, -0.15) is 0 Å². The molecule has 2 aromatic carbocycles. The summed E-state index contributed by atoms with van der Waals surface area (Å²) >= 11 is 0. The Labute approximate surface area is 142 Å². The van der Waals surface area contributed by atoms with E-state index >= 15 is 0 Å². The first-order valence-corrected chi connectivity index (χ1v) is 8.46. The van der Waals surface area contributed by atoms with E-state index in [0.717, 1.165) is 48.5 Å². The van der Waals surface area contributed by atoms with Crippen LogP contribution < -0.4 is 10.6 Å². The van der Waals surface area contributed by atoms with Crippen molar-refractivity contribution in [1.29, 1.82) is 0 Å². The lowest BCUT2D eigenvalue weighted by molar-refractivity contribution is -0.121. The van der Waals surface area contributed by atoms with Crippen LogP contribution >= 0.6 is 0 Å². The van der Waals surface area contributed by atoms with E-state index in [1.165, 1.54) is 5.56 Å². The second-order valence-electron chi connectivity index (χ2n) is 6.61. The molecular formula is C20H21N3O. The molecule has 24 heavy (non-hydrogen) atoms. The number of benzene rings is 2. The molecule has 4 nitrogen and oxygen atoms in total. The van der Waals surface area contributed by atoms with Crippen LogP contribution in [0.4, 0.5) is 5.69 Å². The minimum absolute atomic E-state index is 0.0126. The third-order valence-electron chi connectivity index (χ3n) is 4.93. The smallest absolute Gasteiger partial charge is 0.252 e. The number of amides is 1. The summed E-state index contributed by atoms with van der Waals surface area (Å²) in [5, 5.41) is 6.44. The molecule has 2 aliphatic heterocycles. The Morgan fingerprint density at radius 2 is 1.71 bits per heavy atom. The molecule has 0 aliphatic carbocycles. The summed E-state index contributed by atoms with van der Waals surface area (Å²) in [5.74, 6) is 0.0126. The van der Waals surface area contributed by atoms with Crippen LogP contribution in [0, 0.1) is 6.92 Å². The molecule has 0 saturated carbocycles. The number of hydrogen-bond acceptors (Lipinski definition) is 3. The van der Waals surface area contributed by atoms with Gasteiger partial charge in [0.1, 0.15) is 5.54 Å². The summed E-state index contributed by atoms with van der Waals surface area (Å²) in [7, 11) is 0. The highest BCUT2D eigenvalue weighted by Crippen LogP contribution is 2.33. The second kappa shape index (κ2) is 5.87. The highest BCUT2D eigenvalue weighted by atomic mass is 16.2. The molecule has 0 atom stereocenters. The monoisotopic (exact) mass is 319 g/mol. The maximum atomic E-state index is 12.9. The summed E-state index contributed by atoms with van der Waals surface area (Å²) in [6.45, 7) is 3.70. The number of carbonyl (C=O) groups is 1. The molecule has 0 unspecified atom stereocenters. The van der Waals surface area contributed by atoms with Crippen molar-refractivity contribution in [1.82, 2.24) is 5.32 Å². The Bertz CT molecular complexity index is 802. The van der Waals surface area contributed by atoms with Crippen LogP contribution in [0.3, 0.4) is 0 Å². The van der Waals surface area contributed by atoms with Gasteiger partial charge in [-0.15, -0.1) is 0 Å². The summed E-state index contributed by atoms with van der Waals surface area (Å²) in [6, 6.07) is 16.3. The molecule has 1 saturated heterocycles. The first kappa shape index (κ1) is 15.1. The fourth-order valence-electron chi connectivity index (χ4n) is 3.47. The first-order valence-electron chi connectivity index (χ1n) is 8.46. The molecule has 0 aromatic heterocycles. The predicted molar refractivity (Wildman–Crippen MR) is 96.7 cm³/mol. The van der Waals surface area contributed by atoms with E-state index in [2.05, 4.69) is 41.8 Å². The quantitative estimate of drug-likeness (QED) is 0.849. The van der Waals surface area contributed by atoms with Gasteiger partial charge in [-0.05, 0) is 38.9 Å². The standard InChI is InChI=1S/C20H21N3O/c1-14-6-8-15(9-7-14)18-16-4-2-3-5-17(16)22-19(24)20(23-18)10-12-21-13-11-20/h2-9,21H,10-13H2,1H3,(H,22,24). The van der Waals surface area contributed by atoms with E-state index in [1.807, 2.05) is 24.3 Å². The van der Waals surface area contributed by atoms with Crippen molar-refractivity contribution in [3.63, 3.8) is 0 Å². The van der Waals surface area contributed by atoms with Crippen LogP contribution in [0.25, 0.3) is 0 Å². The average molecular weight is 319 g/mol. The van der Waals surface area contributed by atoms with Gasteiger partial charge in [0.25, 0.3) is 5.91 Å². The number of aliphatic imine (C=N–C) groups is 1. The number of para-hydroxylation sites is 1. The van der Waals surface area contributed by atoms with Crippen molar-refractivity contribution in [3.05, 3.63) is 65.2 Å². The van der Waals surface area contributed by atoms with Gasteiger partial charge in [0.2, 0.25) is 0 Å². The molecule has 1 amide bonds. The van der Waals surface area contributed by atoms with Gasteiger partial charge in [-0.25, -0.2) is 0 Å². The van der Waals surface area contributed by atoms with E-state index in [1.54, 1.807) is 0 Å².